The topological polar surface area (TPSA) is 42.7 Å². The molecule has 4 nitrogen and oxygen atoms in total. The van der Waals surface area contributed by atoms with E-state index in [0.717, 1.165) is 11.4 Å². The molecule has 0 unspecified atom stereocenters. The summed E-state index contributed by atoms with van der Waals surface area (Å²) in [5.41, 5.74) is 2.28. The first-order valence-electron chi connectivity index (χ1n) is 5.97. The molecule has 0 atom stereocenters. The summed E-state index contributed by atoms with van der Waals surface area (Å²) < 4.78 is 14.8. The molecule has 0 spiro atoms. The summed E-state index contributed by atoms with van der Waals surface area (Å²) in [6.45, 7) is 6.57. The summed E-state index contributed by atoms with van der Waals surface area (Å²) in [6, 6.07) is 5.29. The van der Waals surface area contributed by atoms with Gasteiger partial charge in [0.05, 0.1) is 17.6 Å². The Morgan fingerprint density at radius 3 is 2.83 bits per heavy atom. The van der Waals surface area contributed by atoms with Crippen LogP contribution in [0.25, 0.3) is 5.69 Å². The molecule has 18 heavy (non-hydrogen) atoms. The predicted molar refractivity (Wildman–Crippen MR) is 68.0 cm³/mol. The van der Waals surface area contributed by atoms with Gasteiger partial charge in [-0.3, -0.25) is 0 Å². The van der Waals surface area contributed by atoms with Gasteiger partial charge in [0.1, 0.15) is 5.82 Å². The van der Waals surface area contributed by atoms with Crippen molar-refractivity contribution in [3.8, 4) is 5.69 Å². The number of hydrogen-bond donors (Lipinski definition) is 1. The molecular weight excluding hydrogens is 231 g/mol. The molecule has 2 aromatic rings. The van der Waals surface area contributed by atoms with Gasteiger partial charge in [-0.05, 0) is 30.7 Å². The number of benzene rings is 1. The van der Waals surface area contributed by atoms with E-state index in [9.17, 15) is 4.39 Å². The van der Waals surface area contributed by atoms with E-state index < -0.39 is 0 Å². The number of aryl methyl sites for hydroxylation is 1. The Kier molecular flexibility index (Phi) is 3.72. The molecule has 0 bridgehead atoms. The summed E-state index contributed by atoms with van der Waals surface area (Å²) in [4.78, 5) is 0. The Labute approximate surface area is 106 Å². The molecule has 0 aliphatic carbocycles. The molecule has 5 heteroatoms. The van der Waals surface area contributed by atoms with Crippen molar-refractivity contribution in [3.63, 3.8) is 0 Å². The molecule has 0 aliphatic heterocycles. The summed E-state index contributed by atoms with van der Waals surface area (Å²) in [6.07, 6.45) is 1.85. The zero-order valence-corrected chi connectivity index (χ0v) is 10.8. The molecule has 0 fully saturated rings. The predicted octanol–water partition coefficient (Wildman–Crippen LogP) is 2.21. The number of nitrogens with one attached hydrogen (secondary N) is 1. The van der Waals surface area contributed by atoms with Gasteiger partial charge in [-0.2, -0.15) is 0 Å². The Morgan fingerprint density at radius 1 is 1.39 bits per heavy atom. The lowest BCUT2D eigenvalue weighted by Gasteiger charge is -2.04. The highest BCUT2D eigenvalue weighted by atomic mass is 19.1. The minimum absolute atomic E-state index is 0.208. The standard InChI is InChI=1S/C13H17FN4/c1-9(2)15-7-11-8-18(17-16-11)12-4-5-13(14)10(3)6-12/h4-6,8-9,15H,7H2,1-3H3. The number of hydrogen-bond acceptors (Lipinski definition) is 3. The number of rotatable bonds is 4. The second-order valence-corrected chi connectivity index (χ2v) is 4.62. The molecule has 2 rings (SSSR count). The average Bonchev–Trinajstić information content (AvgIpc) is 2.79. The summed E-state index contributed by atoms with van der Waals surface area (Å²) in [5, 5.41) is 11.4. The van der Waals surface area contributed by atoms with Crippen molar-refractivity contribution >= 4 is 0 Å². The summed E-state index contributed by atoms with van der Waals surface area (Å²) >= 11 is 0. The monoisotopic (exact) mass is 248 g/mol. The molecule has 96 valence electrons. The highest BCUT2D eigenvalue weighted by Crippen LogP contribution is 2.12. The van der Waals surface area contributed by atoms with E-state index in [1.165, 1.54) is 6.07 Å². The Balaban J connectivity index is 2.16. The molecule has 1 aromatic heterocycles. The quantitative estimate of drug-likeness (QED) is 0.902. The van der Waals surface area contributed by atoms with E-state index >= 15 is 0 Å². The van der Waals surface area contributed by atoms with Crippen molar-refractivity contribution in [3.05, 3.63) is 41.5 Å². The molecule has 0 aliphatic rings. The van der Waals surface area contributed by atoms with E-state index in [-0.39, 0.29) is 5.82 Å². The van der Waals surface area contributed by atoms with Crippen LogP contribution in [0.4, 0.5) is 4.39 Å². The fraction of sp³-hybridized carbons (Fsp3) is 0.385. The van der Waals surface area contributed by atoms with Crippen LogP contribution in [0.15, 0.2) is 24.4 Å². The first-order valence-corrected chi connectivity index (χ1v) is 5.97. The van der Waals surface area contributed by atoms with Gasteiger partial charge < -0.3 is 5.32 Å². The van der Waals surface area contributed by atoms with Crippen molar-refractivity contribution in [2.75, 3.05) is 0 Å². The summed E-state index contributed by atoms with van der Waals surface area (Å²) in [7, 11) is 0. The normalized spacial score (nSPS) is 11.2. The molecular formula is C13H17FN4. The maximum absolute atomic E-state index is 13.2. The van der Waals surface area contributed by atoms with E-state index in [2.05, 4.69) is 29.5 Å². The minimum atomic E-state index is -0.208. The lowest BCUT2D eigenvalue weighted by atomic mass is 10.2. The van der Waals surface area contributed by atoms with Crippen molar-refractivity contribution in [1.82, 2.24) is 20.3 Å². The fourth-order valence-electron chi connectivity index (χ4n) is 1.59. The Bertz CT molecular complexity index is 534. The number of nitrogens with zero attached hydrogens (tertiary/aromatic N) is 3. The van der Waals surface area contributed by atoms with Crippen molar-refractivity contribution in [1.29, 1.82) is 0 Å². The van der Waals surface area contributed by atoms with Gasteiger partial charge in [0.2, 0.25) is 0 Å². The van der Waals surface area contributed by atoms with E-state index in [1.54, 1.807) is 23.7 Å². The maximum Gasteiger partial charge on any atom is 0.126 e. The van der Waals surface area contributed by atoms with Gasteiger partial charge in [-0.1, -0.05) is 19.1 Å². The van der Waals surface area contributed by atoms with Gasteiger partial charge >= 0.3 is 0 Å². The van der Waals surface area contributed by atoms with Crippen LogP contribution in [-0.4, -0.2) is 21.0 Å². The first-order chi connectivity index (χ1) is 8.56. The zero-order chi connectivity index (χ0) is 13.1. The van der Waals surface area contributed by atoms with E-state index in [1.807, 2.05) is 6.20 Å². The third-order valence-electron chi connectivity index (χ3n) is 2.64. The van der Waals surface area contributed by atoms with Crippen LogP contribution in [0.2, 0.25) is 0 Å². The Hall–Kier alpha value is -1.75. The average molecular weight is 248 g/mol. The number of halogens is 1. The molecule has 0 radical (unpaired) electrons. The second-order valence-electron chi connectivity index (χ2n) is 4.62. The minimum Gasteiger partial charge on any atom is -0.309 e. The second kappa shape index (κ2) is 5.27. The molecule has 0 saturated heterocycles. The summed E-state index contributed by atoms with van der Waals surface area (Å²) in [5.74, 6) is -0.208. The molecule has 0 amide bonds. The third-order valence-corrected chi connectivity index (χ3v) is 2.64. The van der Waals surface area contributed by atoms with Gasteiger partial charge in [-0.25, -0.2) is 9.07 Å². The highest BCUT2D eigenvalue weighted by molar-refractivity contribution is 5.35. The van der Waals surface area contributed by atoms with Crippen LogP contribution in [0.5, 0.6) is 0 Å². The van der Waals surface area contributed by atoms with Crippen molar-refractivity contribution in [2.45, 2.75) is 33.4 Å². The van der Waals surface area contributed by atoms with E-state index in [4.69, 9.17) is 0 Å². The van der Waals surface area contributed by atoms with Crippen LogP contribution in [0.1, 0.15) is 25.1 Å². The third kappa shape index (κ3) is 2.92. The van der Waals surface area contributed by atoms with Gasteiger partial charge in [0.25, 0.3) is 0 Å². The zero-order valence-electron chi connectivity index (χ0n) is 10.8. The van der Waals surface area contributed by atoms with Crippen molar-refractivity contribution < 1.29 is 4.39 Å². The van der Waals surface area contributed by atoms with Gasteiger partial charge in [0.15, 0.2) is 0 Å². The maximum atomic E-state index is 13.2. The Morgan fingerprint density at radius 2 is 2.17 bits per heavy atom. The lowest BCUT2D eigenvalue weighted by molar-refractivity contribution is 0.580. The van der Waals surface area contributed by atoms with Crippen LogP contribution in [0.3, 0.4) is 0 Å². The van der Waals surface area contributed by atoms with Crippen LogP contribution in [0, 0.1) is 12.7 Å². The lowest BCUT2D eigenvalue weighted by Crippen LogP contribution is -2.21. The van der Waals surface area contributed by atoms with Gasteiger partial charge in [0, 0.05) is 12.6 Å². The largest absolute Gasteiger partial charge is 0.309 e. The first kappa shape index (κ1) is 12.7. The smallest absolute Gasteiger partial charge is 0.126 e. The van der Waals surface area contributed by atoms with Crippen LogP contribution in [-0.2, 0) is 6.54 Å². The molecule has 1 heterocycles. The SMILES string of the molecule is Cc1cc(-n2cc(CNC(C)C)nn2)ccc1F. The fourth-order valence-corrected chi connectivity index (χ4v) is 1.59. The van der Waals surface area contributed by atoms with Crippen LogP contribution < -0.4 is 5.32 Å². The molecule has 1 aromatic carbocycles. The van der Waals surface area contributed by atoms with Crippen LogP contribution >= 0.6 is 0 Å². The molecule has 0 saturated carbocycles. The number of aromatic nitrogens is 3. The van der Waals surface area contributed by atoms with Crippen molar-refractivity contribution in [2.24, 2.45) is 0 Å². The van der Waals surface area contributed by atoms with E-state index in [0.29, 0.717) is 18.2 Å². The molecule has 1 N–H and O–H groups in total. The highest BCUT2D eigenvalue weighted by Gasteiger charge is 2.05. The van der Waals surface area contributed by atoms with Gasteiger partial charge in [-0.15, -0.1) is 5.10 Å².